The van der Waals surface area contributed by atoms with Crippen LogP contribution in [0.4, 0.5) is 0 Å². The number of fused-ring (bicyclic) bond motifs is 3. The van der Waals surface area contributed by atoms with Crippen LogP contribution in [0.1, 0.15) is 0 Å². The molecular formula is C20H15ClN6O2. The van der Waals surface area contributed by atoms with Gasteiger partial charge in [0.2, 0.25) is 0 Å². The molecule has 0 bridgehead atoms. The number of methoxy groups -OCH3 is 2. The number of ether oxygens (including phenoxy) is 2. The summed E-state index contributed by atoms with van der Waals surface area (Å²) in [5, 5.41) is 14.6. The Bertz CT molecular complexity index is 1360. The van der Waals surface area contributed by atoms with Crippen LogP contribution in [-0.4, -0.2) is 43.6 Å². The molecule has 0 aliphatic carbocycles. The monoisotopic (exact) mass is 406 g/mol. The Morgan fingerprint density at radius 2 is 1.79 bits per heavy atom. The number of nitrogens with zero attached hydrogens (tertiary/aromatic N) is 6. The molecule has 29 heavy (non-hydrogen) atoms. The van der Waals surface area contributed by atoms with E-state index >= 15 is 0 Å². The summed E-state index contributed by atoms with van der Waals surface area (Å²) < 4.78 is 14.3. The minimum Gasteiger partial charge on any atom is -0.493 e. The molecule has 0 saturated heterocycles. The van der Waals surface area contributed by atoms with E-state index in [4.69, 9.17) is 21.1 Å². The van der Waals surface area contributed by atoms with E-state index in [0.717, 1.165) is 16.6 Å². The van der Waals surface area contributed by atoms with Gasteiger partial charge in [-0.25, -0.2) is 9.67 Å². The van der Waals surface area contributed by atoms with Crippen molar-refractivity contribution >= 4 is 28.3 Å². The summed E-state index contributed by atoms with van der Waals surface area (Å²) in [7, 11) is 3.20. The van der Waals surface area contributed by atoms with E-state index < -0.39 is 0 Å². The lowest BCUT2D eigenvalue weighted by atomic mass is 10.2. The van der Waals surface area contributed by atoms with Crippen molar-refractivity contribution in [2.75, 3.05) is 14.2 Å². The Morgan fingerprint density at radius 1 is 0.931 bits per heavy atom. The van der Waals surface area contributed by atoms with Crippen molar-refractivity contribution in [1.29, 1.82) is 0 Å². The van der Waals surface area contributed by atoms with Crippen LogP contribution in [0.15, 0.2) is 55.0 Å². The molecule has 9 heteroatoms. The second kappa shape index (κ2) is 6.75. The lowest BCUT2D eigenvalue weighted by Gasteiger charge is -2.08. The molecule has 0 saturated carbocycles. The zero-order chi connectivity index (χ0) is 20.0. The summed E-state index contributed by atoms with van der Waals surface area (Å²) in [6, 6.07) is 13.0. The maximum Gasteiger partial charge on any atom is 0.175 e. The van der Waals surface area contributed by atoms with Crippen LogP contribution in [0, 0.1) is 0 Å². The first kappa shape index (κ1) is 17.4. The highest BCUT2D eigenvalue weighted by atomic mass is 35.5. The van der Waals surface area contributed by atoms with Crippen LogP contribution < -0.4 is 9.47 Å². The van der Waals surface area contributed by atoms with Crippen LogP contribution >= 0.6 is 11.6 Å². The van der Waals surface area contributed by atoms with Gasteiger partial charge in [-0.15, -0.1) is 10.2 Å². The average molecular weight is 407 g/mol. The first-order valence-electron chi connectivity index (χ1n) is 8.75. The standard InChI is InChI=1S/C20H15ClN6O2/c1-28-16-7-6-12(8-17(16)29-2)18-24-25-20-15-10-23-27(19(15)22-11-26(18)20)14-5-3-4-13(21)9-14/h3-11H,1-2H3. The molecule has 0 spiro atoms. The van der Waals surface area contributed by atoms with Crippen molar-refractivity contribution in [3.63, 3.8) is 0 Å². The van der Waals surface area contributed by atoms with Crippen molar-refractivity contribution in [2.24, 2.45) is 0 Å². The summed E-state index contributed by atoms with van der Waals surface area (Å²) >= 11 is 6.12. The molecule has 144 valence electrons. The van der Waals surface area contributed by atoms with E-state index in [2.05, 4.69) is 20.3 Å². The fraction of sp³-hybridized carbons (Fsp3) is 0.100. The second-order valence-corrected chi connectivity index (χ2v) is 6.74. The van der Waals surface area contributed by atoms with Crippen LogP contribution in [0.3, 0.4) is 0 Å². The topological polar surface area (TPSA) is 79.4 Å². The molecule has 0 atom stereocenters. The molecule has 5 aromatic rings. The van der Waals surface area contributed by atoms with Gasteiger partial charge in [0.25, 0.3) is 0 Å². The fourth-order valence-electron chi connectivity index (χ4n) is 3.29. The normalized spacial score (nSPS) is 11.3. The van der Waals surface area contributed by atoms with Crippen molar-refractivity contribution in [3.8, 4) is 28.6 Å². The minimum absolute atomic E-state index is 0.615. The van der Waals surface area contributed by atoms with Crippen molar-refractivity contribution in [1.82, 2.24) is 29.4 Å². The Kier molecular flexibility index (Phi) is 4.06. The first-order chi connectivity index (χ1) is 14.2. The van der Waals surface area contributed by atoms with Gasteiger partial charge in [-0.2, -0.15) is 5.10 Å². The minimum atomic E-state index is 0.615. The maximum absolute atomic E-state index is 6.12. The van der Waals surface area contributed by atoms with Crippen LogP contribution in [0.25, 0.3) is 33.8 Å². The third kappa shape index (κ3) is 2.76. The second-order valence-electron chi connectivity index (χ2n) is 6.31. The molecule has 2 aromatic carbocycles. The number of hydrogen-bond acceptors (Lipinski definition) is 6. The fourth-order valence-corrected chi connectivity index (χ4v) is 3.47. The smallest absolute Gasteiger partial charge is 0.175 e. The van der Waals surface area contributed by atoms with Gasteiger partial charge in [0.15, 0.2) is 28.6 Å². The van der Waals surface area contributed by atoms with Gasteiger partial charge < -0.3 is 9.47 Å². The van der Waals surface area contributed by atoms with E-state index in [1.807, 2.05) is 46.9 Å². The third-order valence-electron chi connectivity index (χ3n) is 4.67. The molecule has 0 radical (unpaired) electrons. The molecule has 0 amide bonds. The van der Waals surface area contributed by atoms with Gasteiger partial charge in [0.1, 0.15) is 6.33 Å². The Labute approximate surface area is 170 Å². The summed E-state index contributed by atoms with van der Waals surface area (Å²) in [6.07, 6.45) is 3.41. The van der Waals surface area contributed by atoms with E-state index in [-0.39, 0.29) is 0 Å². The van der Waals surface area contributed by atoms with Gasteiger partial charge in [-0.3, -0.25) is 4.40 Å². The molecule has 3 aromatic heterocycles. The molecule has 3 heterocycles. The maximum atomic E-state index is 6.12. The first-order valence-corrected chi connectivity index (χ1v) is 9.13. The van der Waals surface area contributed by atoms with E-state index in [1.54, 1.807) is 31.4 Å². The highest BCUT2D eigenvalue weighted by Gasteiger charge is 2.16. The molecule has 0 N–H and O–H groups in total. The van der Waals surface area contributed by atoms with E-state index in [9.17, 15) is 0 Å². The predicted molar refractivity (Wildman–Crippen MR) is 109 cm³/mol. The van der Waals surface area contributed by atoms with Gasteiger partial charge in [-0.05, 0) is 36.4 Å². The van der Waals surface area contributed by atoms with Crippen LogP contribution in [0.5, 0.6) is 11.5 Å². The summed E-state index contributed by atoms with van der Waals surface area (Å²) in [6.45, 7) is 0. The number of halogens is 1. The number of aromatic nitrogens is 6. The molecule has 0 fully saturated rings. The van der Waals surface area contributed by atoms with E-state index in [1.165, 1.54) is 0 Å². The third-order valence-corrected chi connectivity index (χ3v) is 4.91. The zero-order valence-corrected chi connectivity index (χ0v) is 16.3. The highest BCUT2D eigenvalue weighted by Crippen LogP contribution is 2.32. The number of rotatable bonds is 4. The van der Waals surface area contributed by atoms with Gasteiger partial charge in [-0.1, -0.05) is 17.7 Å². The largest absolute Gasteiger partial charge is 0.493 e. The summed E-state index contributed by atoms with van der Waals surface area (Å²) in [4.78, 5) is 4.59. The molecule has 5 rings (SSSR count). The van der Waals surface area contributed by atoms with Crippen LogP contribution in [-0.2, 0) is 0 Å². The molecule has 0 aliphatic heterocycles. The average Bonchev–Trinajstić information content (AvgIpc) is 3.37. The van der Waals surface area contributed by atoms with Gasteiger partial charge in [0, 0.05) is 10.6 Å². The molecule has 0 unspecified atom stereocenters. The quantitative estimate of drug-likeness (QED) is 0.451. The Hall–Kier alpha value is -3.65. The predicted octanol–water partition coefficient (Wildman–Crippen LogP) is 3.80. The SMILES string of the molecule is COc1ccc(-c2nnc3c4cnn(-c5cccc(Cl)c5)c4ncn23)cc1OC. The highest BCUT2D eigenvalue weighted by molar-refractivity contribution is 6.30. The van der Waals surface area contributed by atoms with Gasteiger partial charge >= 0.3 is 0 Å². The number of hydrogen-bond donors (Lipinski definition) is 0. The Balaban J connectivity index is 1.67. The molecule has 8 nitrogen and oxygen atoms in total. The van der Waals surface area contributed by atoms with Crippen molar-refractivity contribution < 1.29 is 9.47 Å². The lowest BCUT2D eigenvalue weighted by molar-refractivity contribution is 0.355. The molecular weight excluding hydrogens is 392 g/mol. The summed E-state index contributed by atoms with van der Waals surface area (Å²) in [5.41, 5.74) is 2.99. The van der Waals surface area contributed by atoms with Gasteiger partial charge in [0.05, 0.1) is 31.5 Å². The van der Waals surface area contributed by atoms with Crippen molar-refractivity contribution in [2.45, 2.75) is 0 Å². The Morgan fingerprint density at radius 3 is 2.59 bits per heavy atom. The summed E-state index contributed by atoms with van der Waals surface area (Å²) in [5.74, 6) is 1.91. The van der Waals surface area contributed by atoms with E-state index in [0.29, 0.717) is 33.6 Å². The zero-order valence-electron chi connectivity index (χ0n) is 15.6. The van der Waals surface area contributed by atoms with Crippen molar-refractivity contribution in [3.05, 3.63) is 60.0 Å². The molecule has 0 aliphatic rings. The van der Waals surface area contributed by atoms with Crippen LogP contribution in [0.2, 0.25) is 5.02 Å². The lowest BCUT2D eigenvalue weighted by Crippen LogP contribution is -1.99. The number of benzene rings is 2.